The molecule has 486 valence electrons. The molecule has 2 saturated carbocycles. The summed E-state index contributed by atoms with van der Waals surface area (Å²) in [5.74, 6) is -7.22. The van der Waals surface area contributed by atoms with Gasteiger partial charge in [-0.15, -0.1) is 0 Å². The van der Waals surface area contributed by atoms with Gasteiger partial charge in [0.1, 0.15) is 35.7 Å². The van der Waals surface area contributed by atoms with Gasteiger partial charge >= 0.3 is 29.8 Å². The average Bonchev–Trinajstić information content (AvgIpc) is 0.708. The number of rotatable bonds is 19. The van der Waals surface area contributed by atoms with E-state index in [0.29, 0.717) is 41.4 Å². The number of aryl methyl sites for hydroxylation is 1. The van der Waals surface area contributed by atoms with E-state index in [0.717, 1.165) is 30.5 Å². The number of ketones is 1. The van der Waals surface area contributed by atoms with Crippen molar-refractivity contribution in [3.05, 3.63) is 154 Å². The number of amides is 2. The van der Waals surface area contributed by atoms with Crippen molar-refractivity contribution >= 4 is 47.4 Å². The number of hydrogen-bond acceptors (Lipinski definition) is 20. The van der Waals surface area contributed by atoms with E-state index in [-0.39, 0.29) is 40.9 Å². The summed E-state index contributed by atoms with van der Waals surface area (Å²) in [7, 11) is 6.07. The number of benzene rings is 5. The molecule has 4 N–H and O–H groups in total. The Balaban J connectivity index is 1.03. The molecule has 22 heteroatoms. The molecule has 22 nitrogen and oxygen atoms in total. The smallest absolute Gasteiger partial charge is 0.350 e. The van der Waals surface area contributed by atoms with E-state index in [1.807, 2.05) is 18.2 Å². The van der Waals surface area contributed by atoms with Crippen LogP contribution in [0.25, 0.3) is 11.1 Å². The first-order chi connectivity index (χ1) is 43.9. The van der Waals surface area contributed by atoms with Crippen molar-refractivity contribution in [1.29, 1.82) is 0 Å². The number of ether oxygens (including phenoxy) is 10. The first-order valence-electron chi connectivity index (χ1n) is 30.4. The van der Waals surface area contributed by atoms with Crippen LogP contribution in [0.2, 0.25) is 0 Å². The molecule has 2 bridgehead atoms. The second-order valence-corrected chi connectivity index (χ2v) is 24.6. The van der Waals surface area contributed by atoms with E-state index >= 15 is 9.59 Å². The molecule has 0 aromatic heterocycles. The van der Waals surface area contributed by atoms with E-state index in [1.165, 1.54) is 80.4 Å². The van der Waals surface area contributed by atoms with Crippen molar-refractivity contribution in [2.75, 3.05) is 35.0 Å². The lowest BCUT2D eigenvalue weighted by molar-refractivity contribution is -0.346. The highest BCUT2D eigenvalue weighted by atomic mass is 16.6. The number of Topliss-reactive ketones (excluding diaryl/α,β-unsaturated/α-hetero) is 1. The van der Waals surface area contributed by atoms with Gasteiger partial charge in [-0.05, 0) is 103 Å². The van der Waals surface area contributed by atoms with Crippen LogP contribution in [0.15, 0.2) is 126 Å². The maximum Gasteiger partial charge on any atom is 0.350 e. The molecular weight excluding hydrogens is 1190 g/mol. The molecule has 0 spiro atoms. The number of carbonyl (C=O) groups excluding carboxylic acids is 8. The van der Waals surface area contributed by atoms with Gasteiger partial charge in [-0.3, -0.25) is 28.8 Å². The van der Waals surface area contributed by atoms with Crippen LogP contribution in [0.1, 0.15) is 123 Å². The molecule has 12 atom stereocenters. The molecule has 1 saturated heterocycles. The Morgan fingerprint density at radius 2 is 1.40 bits per heavy atom. The van der Waals surface area contributed by atoms with Crippen molar-refractivity contribution in [3.8, 4) is 34.1 Å². The summed E-state index contributed by atoms with van der Waals surface area (Å²) in [6, 6.07) is 29.1. The molecular formula is C70H76N2O20. The van der Waals surface area contributed by atoms with Crippen molar-refractivity contribution in [1.82, 2.24) is 10.6 Å². The summed E-state index contributed by atoms with van der Waals surface area (Å²) in [6.07, 6.45) is -11.5. The molecule has 5 aliphatic rings. The Hall–Kier alpha value is -9.12. The largest absolute Gasteiger partial charge is 0.497 e. The standard InChI is InChI=1S/C70H76N2O20/c1-37-49(35-70(82)63(91-65(80)42-24-18-13-19-25-42)61-68(6,50(75)34-51-69(61,36-87-51)92-39(3)74)62(78)59(88-38(2)73)55(37)67(70,4)5)89-66(81)60(56(40-20-14-11-15-21-40)72-64(79)41-22-16-12-17-23-41)90-53(77)31-30-52(76)71-47-29-26-43-32-48(84-8)57(85-9)58(86-10)54(43)45-28-27-44(83-7)33-46(45)47/h11-25,27-28,32-33,47,49-51,56,59-61,63,75,82H,26,29-31,34-36H2,1-10H3,(H,71,76)(H,72,79)/t47-,49-,50-,51+,56-,59+,60+,61-,63-,68+,69-,70+/m0/s1. The molecule has 10 rings (SSSR count). The predicted octanol–water partition coefficient (Wildman–Crippen LogP) is 7.57. The van der Waals surface area contributed by atoms with Crippen LogP contribution >= 0.6 is 0 Å². The van der Waals surface area contributed by atoms with Gasteiger partial charge in [0.05, 0.1) is 70.5 Å². The fraction of sp³-hybridized carbons (Fsp3) is 0.429. The van der Waals surface area contributed by atoms with E-state index in [9.17, 15) is 39.0 Å². The van der Waals surface area contributed by atoms with Crippen molar-refractivity contribution in [3.63, 3.8) is 0 Å². The minimum absolute atomic E-state index is 0.0173. The Bertz CT molecular complexity index is 3720. The normalized spacial score (nSPS) is 26.4. The van der Waals surface area contributed by atoms with Crippen LogP contribution in [0.4, 0.5) is 0 Å². The van der Waals surface area contributed by atoms with Crippen molar-refractivity contribution in [2.24, 2.45) is 16.7 Å². The quantitative estimate of drug-likeness (QED) is 0.0352. The molecule has 0 unspecified atom stereocenters. The number of hydrogen-bond donors (Lipinski definition) is 4. The third-order valence-electron chi connectivity index (χ3n) is 19.1. The molecule has 1 heterocycles. The second kappa shape index (κ2) is 26.2. The third-order valence-corrected chi connectivity index (χ3v) is 19.1. The lowest BCUT2D eigenvalue weighted by atomic mass is 9.44. The highest BCUT2D eigenvalue weighted by Gasteiger charge is 2.78. The summed E-state index contributed by atoms with van der Waals surface area (Å²) in [4.78, 5) is 116. The lowest BCUT2D eigenvalue weighted by Crippen LogP contribution is -2.82. The summed E-state index contributed by atoms with van der Waals surface area (Å²) >= 11 is 0. The zero-order valence-corrected chi connectivity index (χ0v) is 52.9. The van der Waals surface area contributed by atoms with Crippen LogP contribution < -0.4 is 29.6 Å². The Kier molecular flexibility index (Phi) is 18.8. The summed E-state index contributed by atoms with van der Waals surface area (Å²) in [5, 5.41) is 32.5. The number of esters is 5. The zero-order chi connectivity index (χ0) is 66.2. The lowest BCUT2D eigenvalue weighted by Gasteiger charge is -2.67. The third kappa shape index (κ3) is 11.8. The number of methoxy groups -OCH3 is 4. The molecule has 5 aromatic carbocycles. The van der Waals surface area contributed by atoms with Crippen molar-refractivity contribution in [2.45, 2.75) is 140 Å². The van der Waals surface area contributed by atoms with E-state index < -0.39 is 143 Å². The first kappa shape index (κ1) is 65.8. The highest BCUT2D eigenvalue weighted by molar-refractivity contribution is 5.97. The molecule has 2 amide bonds. The van der Waals surface area contributed by atoms with Crippen LogP contribution in [-0.2, 0) is 63.6 Å². The SMILES string of the molecule is COc1ccc2c(c1)[C@@H](NC(=O)CCC(=O)O[C@@H](C(=O)O[C@H]1C[C@@]3(O)[C@@H](OC(=O)c4ccccc4)[C@@H]4[C@]5(OC(C)=O)CO[C@@H]5C[C@H](O)[C@@]4(C)C(=O)[C@H](OC(C)=O)C(=C1C)C3(C)C)[C@@H](NC(=O)c1ccccc1)c1ccccc1)CCc1cc(OC)c(OC)c(OC)c1-2. The maximum atomic E-state index is 16.0. The fourth-order valence-electron chi connectivity index (χ4n) is 14.5. The van der Waals surface area contributed by atoms with Gasteiger partial charge in [0.2, 0.25) is 17.8 Å². The van der Waals surface area contributed by atoms with Gasteiger partial charge in [-0.1, -0.05) is 86.6 Å². The Labute approximate surface area is 532 Å². The number of aliphatic hydroxyl groups is 2. The highest BCUT2D eigenvalue weighted by Crippen LogP contribution is 2.65. The Morgan fingerprint density at radius 1 is 0.750 bits per heavy atom. The monoisotopic (exact) mass is 1260 g/mol. The number of fused-ring (bicyclic) bond motifs is 8. The van der Waals surface area contributed by atoms with Gasteiger partial charge in [0, 0.05) is 49.7 Å². The van der Waals surface area contributed by atoms with Gasteiger partial charge in [-0.2, -0.15) is 0 Å². The van der Waals surface area contributed by atoms with Gasteiger partial charge in [-0.25, -0.2) is 9.59 Å². The molecule has 92 heavy (non-hydrogen) atoms. The Morgan fingerprint density at radius 3 is 2.00 bits per heavy atom. The predicted molar refractivity (Wildman–Crippen MR) is 328 cm³/mol. The first-order valence-corrected chi connectivity index (χ1v) is 30.4. The number of aliphatic hydroxyl groups excluding tert-OH is 1. The fourth-order valence-corrected chi connectivity index (χ4v) is 14.5. The molecule has 4 aliphatic carbocycles. The van der Waals surface area contributed by atoms with Gasteiger partial charge in [0.15, 0.2) is 29.0 Å². The van der Waals surface area contributed by atoms with Crippen LogP contribution in [0.5, 0.6) is 23.0 Å². The van der Waals surface area contributed by atoms with E-state index in [2.05, 4.69) is 10.6 Å². The summed E-state index contributed by atoms with van der Waals surface area (Å²) in [6.45, 7) is 7.77. The summed E-state index contributed by atoms with van der Waals surface area (Å²) in [5.41, 5.74) is -4.92. The molecule has 5 aromatic rings. The average molecular weight is 1270 g/mol. The second-order valence-electron chi connectivity index (χ2n) is 24.6. The van der Waals surface area contributed by atoms with Crippen LogP contribution in [0, 0.1) is 16.7 Å². The minimum atomic E-state index is -2.54. The van der Waals surface area contributed by atoms with Crippen LogP contribution in [-0.4, -0.2) is 141 Å². The zero-order valence-electron chi connectivity index (χ0n) is 52.9. The summed E-state index contributed by atoms with van der Waals surface area (Å²) < 4.78 is 60.4. The molecule has 0 radical (unpaired) electrons. The maximum absolute atomic E-state index is 16.0. The number of nitrogens with one attached hydrogen (secondary N) is 2. The van der Waals surface area contributed by atoms with Gasteiger partial charge in [0.25, 0.3) is 5.91 Å². The van der Waals surface area contributed by atoms with Gasteiger partial charge < -0.3 is 68.2 Å². The topological polar surface area (TPSA) is 293 Å². The molecule has 1 aliphatic heterocycles. The van der Waals surface area contributed by atoms with E-state index in [4.69, 9.17) is 47.4 Å². The molecule has 3 fully saturated rings. The minimum Gasteiger partial charge on any atom is -0.497 e. The van der Waals surface area contributed by atoms with Crippen LogP contribution in [0.3, 0.4) is 0 Å². The number of carbonyl (C=O) groups is 8. The van der Waals surface area contributed by atoms with E-state index in [1.54, 1.807) is 72.8 Å². The van der Waals surface area contributed by atoms with Crippen molar-refractivity contribution < 1.29 is 95.9 Å².